The Balaban J connectivity index is 2.23. The molecule has 0 aliphatic rings. The standard InChI is InChI=1S/C12H7BrF4N2OS/c13-7-3-1-2-6(10(7)14)5-21-11-18-8(12(15,16)17)4-9(20)19-11/h1-4H,5H2,(H,18,19,20). The number of H-pyrrole nitrogens is 1. The number of halogens is 5. The highest BCUT2D eigenvalue weighted by atomic mass is 79.9. The van der Waals surface area contributed by atoms with Crippen LogP contribution in [-0.2, 0) is 11.9 Å². The average Bonchev–Trinajstić information content (AvgIpc) is 2.39. The molecular weight excluding hydrogens is 376 g/mol. The van der Waals surface area contributed by atoms with Crippen LogP contribution in [0.15, 0.2) is 38.7 Å². The van der Waals surface area contributed by atoms with Gasteiger partial charge in [0.05, 0.1) is 4.47 Å². The Kier molecular flexibility index (Phi) is 4.72. The quantitative estimate of drug-likeness (QED) is 0.496. The van der Waals surface area contributed by atoms with Gasteiger partial charge in [0.1, 0.15) is 5.82 Å². The number of aromatic nitrogens is 2. The first-order chi connectivity index (χ1) is 9.77. The van der Waals surface area contributed by atoms with E-state index in [0.29, 0.717) is 6.07 Å². The molecule has 112 valence electrons. The van der Waals surface area contributed by atoms with E-state index < -0.39 is 23.2 Å². The van der Waals surface area contributed by atoms with E-state index in [9.17, 15) is 22.4 Å². The second-order valence-corrected chi connectivity index (χ2v) is 5.75. The molecule has 0 saturated heterocycles. The van der Waals surface area contributed by atoms with E-state index in [1.54, 1.807) is 6.07 Å². The molecule has 1 aromatic heterocycles. The molecule has 0 spiro atoms. The zero-order valence-electron chi connectivity index (χ0n) is 10.2. The van der Waals surface area contributed by atoms with Crippen molar-refractivity contribution in [3.63, 3.8) is 0 Å². The molecule has 2 aromatic rings. The Hall–Kier alpha value is -1.35. The molecule has 1 N–H and O–H groups in total. The molecule has 0 radical (unpaired) electrons. The van der Waals surface area contributed by atoms with Crippen molar-refractivity contribution in [3.05, 3.63) is 56.2 Å². The highest BCUT2D eigenvalue weighted by Crippen LogP contribution is 2.29. The minimum Gasteiger partial charge on any atom is -0.301 e. The molecule has 9 heteroatoms. The van der Waals surface area contributed by atoms with Gasteiger partial charge in [0, 0.05) is 11.8 Å². The Morgan fingerprint density at radius 1 is 1.33 bits per heavy atom. The molecule has 0 fully saturated rings. The van der Waals surface area contributed by atoms with Gasteiger partial charge in [-0.15, -0.1) is 0 Å². The zero-order chi connectivity index (χ0) is 15.6. The predicted octanol–water partition coefficient (Wildman–Crippen LogP) is 3.98. The van der Waals surface area contributed by atoms with Gasteiger partial charge >= 0.3 is 6.18 Å². The maximum atomic E-state index is 13.7. The number of hydrogen-bond donors (Lipinski definition) is 1. The van der Waals surface area contributed by atoms with Crippen molar-refractivity contribution < 1.29 is 17.6 Å². The maximum Gasteiger partial charge on any atom is 0.433 e. The van der Waals surface area contributed by atoms with Crippen molar-refractivity contribution in [2.45, 2.75) is 17.1 Å². The van der Waals surface area contributed by atoms with E-state index in [-0.39, 0.29) is 20.9 Å². The first kappa shape index (κ1) is 16.0. The molecule has 0 amide bonds. The van der Waals surface area contributed by atoms with Crippen LogP contribution in [0.1, 0.15) is 11.3 Å². The second kappa shape index (κ2) is 6.18. The summed E-state index contributed by atoms with van der Waals surface area (Å²) < 4.78 is 51.6. The lowest BCUT2D eigenvalue weighted by molar-refractivity contribution is -0.141. The maximum absolute atomic E-state index is 13.7. The summed E-state index contributed by atoms with van der Waals surface area (Å²) in [7, 11) is 0. The Labute approximate surface area is 128 Å². The number of nitrogens with one attached hydrogen (secondary N) is 1. The summed E-state index contributed by atoms with van der Waals surface area (Å²) in [5.74, 6) is -0.463. The highest BCUT2D eigenvalue weighted by Gasteiger charge is 2.33. The fourth-order valence-electron chi connectivity index (χ4n) is 1.45. The molecule has 21 heavy (non-hydrogen) atoms. The van der Waals surface area contributed by atoms with Gasteiger partial charge in [0.2, 0.25) is 0 Å². The van der Waals surface area contributed by atoms with Crippen molar-refractivity contribution >= 4 is 27.7 Å². The third-order valence-electron chi connectivity index (χ3n) is 2.41. The number of alkyl halides is 3. The van der Waals surface area contributed by atoms with Crippen LogP contribution in [-0.4, -0.2) is 9.97 Å². The van der Waals surface area contributed by atoms with E-state index in [0.717, 1.165) is 11.8 Å². The van der Waals surface area contributed by atoms with Crippen LogP contribution >= 0.6 is 27.7 Å². The van der Waals surface area contributed by atoms with Gasteiger partial charge in [0.15, 0.2) is 10.9 Å². The molecule has 3 nitrogen and oxygen atoms in total. The lowest BCUT2D eigenvalue weighted by Gasteiger charge is -2.07. The van der Waals surface area contributed by atoms with Crippen molar-refractivity contribution in [1.29, 1.82) is 0 Å². The second-order valence-electron chi connectivity index (χ2n) is 3.94. The van der Waals surface area contributed by atoms with Crippen LogP contribution in [0.4, 0.5) is 17.6 Å². The molecule has 2 rings (SSSR count). The van der Waals surface area contributed by atoms with E-state index in [1.807, 2.05) is 0 Å². The fraction of sp³-hybridized carbons (Fsp3) is 0.167. The number of aromatic amines is 1. The van der Waals surface area contributed by atoms with Crippen LogP contribution in [0.5, 0.6) is 0 Å². The van der Waals surface area contributed by atoms with Crippen molar-refractivity contribution in [2.24, 2.45) is 0 Å². The number of hydrogen-bond acceptors (Lipinski definition) is 3. The van der Waals surface area contributed by atoms with Crippen LogP contribution in [0.25, 0.3) is 0 Å². The smallest absolute Gasteiger partial charge is 0.301 e. The minimum atomic E-state index is -4.70. The van der Waals surface area contributed by atoms with Gasteiger partial charge in [-0.25, -0.2) is 9.37 Å². The van der Waals surface area contributed by atoms with Crippen LogP contribution in [0, 0.1) is 5.82 Å². The molecule has 0 saturated carbocycles. The topological polar surface area (TPSA) is 45.8 Å². The van der Waals surface area contributed by atoms with Crippen molar-refractivity contribution in [2.75, 3.05) is 0 Å². The molecule has 0 unspecified atom stereocenters. The van der Waals surface area contributed by atoms with E-state index in [2.05, 4.69) is 25.9 Å². The van der Waals surface area contributed by atoms with Crippen LogP contribution in [0.3, 0.4) is 0 Å². The number of thioether (sulfide) groups is 1. The zero-order valence-corrected chi connectivity index (χ0v) is 12.6. The first-order valence-corrected chi connectivity index (χ1v) is 7.29. The fourth-order valence-corrected chi connectivity index (χ4v) is 2.71. The van der Waals surface area contributed by atoms with E-state index in [4.69, 9.17) is 0 Å². The molecule has 0 aliphatic carbocycles. The predicted molar refractivity (Wildman–Crippen MR) is 73.5 cm³/mol. The molecule has 0 aliphatic heterocycles. The Morgan fingerprint density at radius 3 is 2.71 bits per heavy atom. The average molecular weight is 383 g/mol. The van der Waals surface area contributed by atoms with Crippen LogP contribution < -0.4 is 5.56 Å². The minimum absolute atomic E-state index is 0.0372. The molecule has 0 atom stereocenters. The Morgan fingerprint density at radius 2 is 2.05 bits per heavy atom. The van der Waals surface area contributed by atoms with Gasteiger partial charge in [-0.1, -0.05) is 23.9 Å². The molecular formula is C12H7BrF4N2OS. The summed E-state index contributed by atoms with van der Waals surface area (Å²) in [5, 5.41) is -0.214. The van der Waals surface area contributed by atoms with Gasteiger partial charge in [-0.05, 0) is 27.6 Å². The number of benzene rings is 1. The molecule has 1 heterocycles. The molecule has 0 bridgehead atoms. The van der Waals surface area contributed by atoms with Crippen molar-refractivity contribution in [1.82, 2.24) is 9.97 Å². The van der Waals surface area contributed by atoms with Gasteiger partial charge < -0.3 is 4.98 Å². The summed E-state index contributed by atoms with van der Waals surface area (Å²) >= 11 is 3.83. The lowest BCUT2D eigenvalue weighted by Crippen LogP contribution is -2.16. The summed E-state index contributed by atoms with van der Waals surface area (Å²) in [5.41, 5.74) is -1.90. The summed E-state index contributed by atoms with van der Waals surface area (Å²) in [6.45, 7) is 0. The van der Waals surface area contributed by atoms with Gasteiger partial charge in [-0.2, -0.15) is 13.2 Å². The van der Waals surface area contributed by atoms with Gasteiger partial charge in [-0.3, -0.25) is 4.79 Å². The summed E-state index contributed by atoms with van der Waals surface area (Å²) in [4.78, 5) is 16.7. The SMILES string of the molecule is O=c1cc(C(F)(F)F)nc(SCc2cccc(Br)c2F)[nH]1. The summed E-state index contributed by atoms with van der Waals surface area (Å²) in [6, 6.07) is 4.99. The Bertz CT molecular complexity index is 717. The number of nitrogens with zero attached hydrogens (tertiary/aromatic N) is 1. The largest absolute Gasteiger partial charge is 0.433 e. The highest BCUT2D eigenvalue weighted by molar-refractivity contribution is 9.10. The van der Waals surface area contributed by atoms with E-state index in [1.165, 1.54) is 12.1 Å². The van der Waals surface area contributed by atoms with Crippen LogP contribution in [0.2, 0.25) is 0 Å². The molecule has 1 aromatic carbocycles. The monoisotopic (exact) mass is 382 g/mol. The first-order valence-electron chi connectivity index (χ1n) is 5.51. The number of rotatable bonds is 3. The third kappa shape index (κ3) is 4.07. The van der Waals surface area contributed by atoms with Crippen molar-refractivity contribution in [3.8, 4) is 0 Å². The summed E-state index contributed by atoms with van der Waals surface area (Å²) in [6.07, 6.45) is -4.70. The lowest BCUT2D eigenvalue weighted by atomic mass is 10.2. The van der Waals surface area contributed by atoms with Gasteiger partial charge in [0.25, 0.3) is 5.56 Å². The van der Waals surface area contributed by atoms with E-state index >= 15 is 0 Å². The normalized spacial score (nSPS) is 11.7. The third-order valence-corrected chi connectivity index (χ3v) is 3.94.